The molecule has 0 aliphatic rings. The molecule has 0 saturated carbocycles. The number of hydrogen-bond acceptors (Lipinski definition) is 4. The average molecular weight is 344 g/mol. The molecule has 0 spiro atoms. The Morgan fingerprint density at radius 2 is 2.21 bits per heavy atom. The summed E-state index contributed by atoms with van der Waals surface area (Å²) in [5, 5.41) is 9.82. The van der Waals surface area contributed by atoms with Gasteiger partial charge in [0.05, 0.1) is 29.5 Å². The van der Waals surface area contributed by atoms with Crippen LogP contribution in [0.5, 0.6) is 5.75 Å². The molecule has 4 nitrogen and oxygen atoms in total. The van der Waals surface area contributed by atoms with E-state index in [1.807, 2.05) is 23.3 Å². The molecular formula is C13H18BrN3OS. The van der Waals surface area contributed by atoms with E-state index in [9.17, 15) is 0 Å². The third-order valence-electron chi connectivity index (χ3n) is 2.95. The second kappa shape index (κ2) is 6.07. The molecule has 0 radical (unpaired) electrons. The fraction of sp³-hybridized carbons (Fsp3) is 0.462. The number of thiophene rings is 1. The van der Waals surface area contributed by atoms with Crippen LogP contribution in [-0.2, 0) is 0 Å². The Hall–Kier alpha value is -0.850. The molecule has 0 bridgehead atoms. The summed E-state index contributed by atoms with van der Waals surface area (Å²) in [6.07, 6.45) is 1.85. The molecule has 1 unspecified atom stereocenters. The zero-order chi connectivity index (χ0) is 14.0. The molecule has 0 amide bonds. The number of ether oxygens (including phenoxy) is 1. The standard InChI is InChI=1S/C13H18BrN3OS/c1-8(2)17-13(10(14)6-16-17)12(15-3)11-5-9(18-4)7-19-11/h5-8,12,15H,1-4H3. The lowest BCUT2D eigenvalue weighted by atomic mass is 10.1. The summed E-state index contributed by atoms with van der Waals surface area (Å²) in [7, 11) is 3.65. The first-order valence-electron chi connectivity index (χ1n) is 6.11. The Balaban J connectivity index is 2.44. The second-order valence-electron chi connectivity index (χ2n) is 4.53. The van der Waals surface area contributed by atoms with E-state index in [0.717, 1.165) is 15.9 Å². The van der Waals surface area contributed by atoms with Crippen LogP contribution >= 0.6 is 27.3 Å². The van der Waals surface area contributed by atoms with Crippen LogP contribution in [0.3, 0.4) is 0 Å². The van der Waals surface area contributed by atoms with Crippen molar-refractivity contribution in [2.45, 2.75) is 25.9 Å². The van der Waals surface area contributed by atoms with Crippen molar-refractivity contribution in [2.24, 2.45) is 0 Å². The van der Waals surface area contributed by atoms with Crippen LogP contribution in [0.2, 0.25) is 0 Å². The first-order valence-corrected chi connectivity index (χ1v) is 7.78. The normalized spacial score (nSPS) is 12.9. The number of hydrogen-bond donors (Lipinski definition) is 1. The highest BCUT2D eigenvalue weighted by Gasteiger charge is 2.23. The van der Waals surface area contributed by atoms with Crippen molar-refractivity contribution in [1.82, 2.24) is 15.1 Å². The molecule has 6 heteroatoms. The lowest BCUT2D eigenvalue weighted by Gasteiger charge is -2.19. The number of aromatic nitrogens is 2. The van der Waals surface area contributed by atoms with Gasteiger partial charge in [-0.2, -0.15) is 5.10 Å². The Morgan fingerprint density at radius 1 is 1.47 bits per heavy atom. The fourth-order valence-electron chi connectivity index (χ4n) is 2.04. The van der Waals surface area contributed by atoms with Gasteiger partial charge in [-0.1, -0.05) is 0 Å². The zero-order valence-corrected chi connectivity index (χ0v) is 13.9. The first-order chi connectivity index (χ1) is 9.08. The molecule has 2 rings (SSSR count). The van der Waals surface area contributed by atoms with Gasteiger partial charge < -0.3 is 10.1 Å². The molecule has 2 aromatic heterocycles. The number of halogens is 1. The summed E-state index contributed by atoms with van der Waals surface area (Å²) in [4.78, 5) is 1.21. The summed E-state index contributed by atoms with van der Waals surface area (Å²) in [6, 6.07) is 2.49. The van der Waals surface area contributed by atoms with E-state index in [1.54, 1.807) is 18.4 Å². The van der Waals surface area contributed by atoms with Gasteiger partial charge in [-0.15, -0.1) is 11.3 Å². The third kappa shape index (κ3) is 2.85. The van der Waals surface area contributed by atoms with Crippen LogP contribution in [-0.4, -0.2) is 23.9 Å². The van der Waals surface area contributed by atoms with Gasteiger partial charge in [-0.3, -0.25) is 4.68 Å². The Bertz CT molecular complexity index is 550. The number of rotatable bonds is 5. The quantitative estimate of drug-likeness (QED) is 0.901. The van der Waals surface area contributed by atoms with Gasteiger partial charge in [0.25, 0.3) is 0 Å². The predicted molar refractivity (Wildman–Crippen MR) is 82.1 cm³/mol. The Labute approximate surface area is 125 Å². The van der Waals surface area contributed by atoms with E-state index >= 15 is 0 Å². The number of nitrogens with one attached hydrogen (secondary N) is 1. The van der Waals surface area contributed by atoms with Crippen molar-refractivity contribution in [3.63, 3.8) is 0 Å². The molecule has 1 atom stereocenters. The van der Waals surface area contributed by atoms with Crippen molar-refractivity contribution in [1.29, 1.82) is 0 Å². The van der Waals surface area contributed by atoms with Crippen molar-refractivity contribution >= 4 is 27.3 Å². The average Bonchev–Trinajstić information content (AvgIpc) is 2.99. The van der Waals surface area contributed by atoms with Crippen LogP contribution in [0.1, 0.15) is 36.5 Å². The minimum absolute atomic E-state index is 0.105. The predicted octanol–water partition coefficient (Wildman–Crippen LogP) is 3.61. The Morgan fingerprint density at radius 3 is 2.74 bits per heavy atom. The lowest BCUT2D eigenvalue weighted by molar-refractivity contribution is 0.416. The van der Waals surface area contributed by atoms with Crippen molar-refractivity contribution in [3.05, 3.63) is 32.7 Å². The largest absolute Gasteiger partial charge is 0.496 e. The van der Waals surface area contributed by atoms with Crippen molar-refractivity contribution < 1.29 is 4.74 Å². The number of methoxy groups -OCH3 is 1. The maximum Gasteiger partial charge on any atom is 0.129 e. The molecule has 0 fully saturated rings. The fourth-order valence-corrected chi connectivity index (χ4v) is 3.51. The van der Waals surface area contributed by atoms with Gasteiger partial charge in [-0.05, 0) is 42.9 Å². The smallest absolute Gasteiger partial charge is 0.129 e. The monoisotopic (exact) mass is 343 g/mol. The second-order valence-corrected chi connectivity index (χ2v) is 6.32. The Kier molecular flexibility index (Phi) is 4.65. The van der Waals surface area contributed by atoms with Crippen LogP contribution in [0, 0.1) is 0 Å². The molecule has 2 heterocycles. The molecule has 104 valence electrons. The van der Waals surface area contributed by atoms with Gasteiger partial charge >= 0.3 is 0 Å². The maximum absolute atomic E-state index is 5.26. The molecule has 0 aliphatic carbocycles. The van der Waals surface area contributed by atoms with Gasteiger partial charge in [-0.25, -0.2) is 0 Å². The van der Waals surface area contributed by atoms with Crippen LogP contribution < -0.4 is 10.1 Å². The molecular weight excluding hydrogens is 326 g/mol. The summed E-state index contributed by atoms with van der Waals surface area (Å²) >= 11 is 5.28. The minimum Gasteiger partial charge on any atom is -0.496 e. The van der Waals surface area contributed by atoms with Crippen LogP contribution in [0.4, 0.5) is 0 Å². The van der Waals surface area contributed by atoms with E-state index in [2.05, 4.69) is 46.3 Å². The van der Waals surface area contributed by atoms with Gasteiger partial charge in [0.1, 0.15) is 5.75 Å². The summed E-state index contributed by atoms with van der Waals surface area (Å²) in [5.41, 5.74) is 1.14. The summed E-state index contributed by atoms with van der Waals surface area (Å²) in [6.45, 7) is 4.26. The zero-order valence-electron chi connectivity index (χ0n) is 11.5. The van der Waals surface area contributed by atoms with Gasteiger partial charge in [0.15, 0.2) is 0 Å². The molecule has 19 heavy (non-hydrogen) atoms. The van der Waals surface area contributed by atoms with E-state index in [0.29, 0.717) is 6.04 Å². The minimum atomic E-state index is 0.105. The molecule has 0 aromatic carbocycles. The molecule has 0 saturated heterocycles. The summed E-state index contributed by atoms with van der Waals surface area (Å²) in [5.74, 6) is 0.895. The topological polar surface area (TPSA) is 39.1 Å². The molecule has 0 aliphatic heterocycles. The van der Waals surface area contributed by atoms with Crippen LogP contribution in [0.15, 0.2) is 22.1 Å². The SMILES string of the molecule is CNC(c1cc(OC)cs1)c1c(Br)cnn1C(C)C. The molecule has 2 aromatic rings. The number of nitrogens with zero attached hydrogens (tertiary/aromatic N) is 2. The maximum atomic E-state index is 5.26. The highest BCUT2D eigenvalue weighted by atomic mass is 79.9. The highest BCUT2D eigenvalue weighted by Crippen LogP contribution is 2.35. The van der Waals surface area contributed by atoms with Crippen molar-refractivity contribution in [3.8, 4) is 5.75 Å². The van der Waals surface area contributed by atoms with Crippen molar-refractivity contribution in [2.75, 3.05) is 14.2 Å². The summed E-state index contributed by atoms with van der Waals surface area (Å²) < 4.78 is 8.32. The van der Waals surface area contributed by atoms with E-state index in [1.165, 1.54) is 4.88 Å². The molecule has 1 N–H and O–H groups in total. The first kappa shape index (κ1) is 14.6. The lowest BCUT2D eigenvalue weighted by Crippen LogP contribution is -2.22. The van der Waals surface area contributed by atoms with Gasteiger partial charge in [0.2, 0.25) is 0 Å². The van der Waals surface area contributed by atoms with E-state index in [-0.39, 0.29) is 6.04 Å². The van der Waals surface area contributed by atoms with E-state index < -0.39 is 0 Å². The highest BCUT2D eigenvalue weighted by molar-refractivity contribution is 9.10. The van der Waals surface area contributed by atoms with E-state index in [4.69, 9.17) is 4.74 Å². The third-order valence-corrected chi connectivity index (χ3v) is 4.54. The van der Waals surface area contributed by atoms with Gasteiger partial charge in [0, 0.05) is 16.3 Å². The van der Waals surface area contributed by atoms with Crippen LogP contribution in [0.25, 0.3) is 0 Å².